The van der Waals surface area contributed by atoms with E-state index in [1.54, 1.807) is 0 Å². The standard InChI is InChI=1S/C28H20BrN/c29-28-20-23-10-8-7-9-22(23)19-27(28)21-15-17-26(18-16-21)30(24-11-3-1-4-12-24)25-13-5-2-6-14-25/h1-20H. The van der Waals surface area contributed by atoms with Gasteiger partial charge in [0.15, 0.2) is 0 Å². The van der Waals surface area contributed by atoms with Gasteiger partial charge in [-0.3, -0.25) is 0 Å². The summed E-state index contributed by atoms with van der Waals surface area (Å²) in [6.45, 7) is 0. The molecule has 0 aliphatic heterocycles. The van der Waals surface area contributed by atoms with Crippen LogP contribution in [0.3, 0.4) is 0 Å². The molecule has 144 valence electrons. The molecule has 0 aliphatic rings. The van der Waals surface area contributed by atoms with Gasteiger partial charge in [0.05, 0.1) is 0 Å². The second kappa shape index (κ2) is 8.17. The van der Waals surface area contributed by atoms with E-state index in [-0.39, 0.29) is 0 Å². The van der Waals surface area contributed by atoms with Crippen molar-refractivity contribution in [2.75, 3.05) is 4.90 Å². The summed E-state index contributed by atoms with van der Waals surface area (Å²) >= 11 is 3.76. The molecular weight excluding hydrogens is 430 g/mol. The number of anilines is 3. The Kier molecular flexibility index (Phi) is 5.08. The number of fused-ring (bicyclic) bond motifs is 1. The van der Waals surface area contributed by atoms with Crippen LogP contribution in [0.15, 0.2) is 126 Å². The van der Waals surface area contributed by atoms with Crippen molar-refractivity contribution in [3.05, 3.63) is 126 Å². The summed E-state index contributed by atoms with van der Waals surface area (Å²) in [6, 6.07) is 42.6. The predicted octanol–water partition coefficient (Wildman–Crippen LogP) is 8.74. The largest absolute Gasteiger partial charge is 0.311 e. The quantitative estimate of drug-likeness (QED) is 0.265. The molecule has 0 saturated carbocycles. The first kappa shape index (κ1) is 18.7. The fourth-order valence-electron chi connectivity index (χ4n) is 3.83. The highest BCUT2D eigenvalue weighted by Gasteiger charge is 2.12. The Hall–Kier alpha value is -3.36. The predicted molar refractivity (Wildman–Crippen MR) is 132 cm³/mol. The molecule has 0 spiro atoms. The molecule has 5 aromatic rings. The van der Waals surface area contributed by atoms with Gasteiger partial charge >= 0.3 is 0 Å². The first-order chi connectivity index (χ1) is 14.8. The van der Waals surface area contributed by atoms with E-state index in [1.807, 2.05) is 12.1 Å². The second-order valence-electron chi connectivity index (χ2n) is 7.23. The van der Waals surface area contributed by atoms with Gasteiger partial charge in [-0.05, 0) is 70.4 Å². The maximum atomic E-state index is 3.76. The topological polar surface area (TPSA) is 3.24 Å². The molecule has 0 heterocycles. The summed E-state index contributed by atoms with van der Waals surface area (Å²) in [5, 5.41) is 2.49. The molecule has 0 unspecified atom stereocenters. The molecule has 0 amide bonds. The SMILES string of the molecule is Brc1cc2ccccc2cc1-c1ccc(N(c2ccccc2)c2ccccc2)cc1. The average Bonchev–Trinajstić information content (AvgIpc) is 2.81. The van der Waals surface area contributed by atoms with Crippen molar-refractivity contribution >= 4 is 43.8 Å². The molecule has 0 atom stereocenters. The number of halogens is 1. The summed E-state index contributed by atoms with van der Waals surface area (Å²) in [5.74, 6) is 0. The number of rotatable bonds is 4. The van der Waals surface area contributed by atoms with Crippen LogP contribution >= 0.6 is 15.9 Å². The van der Waals surface area contributed by atoms with Gasteiger partial charge in [0.2, 0.25) is 0 Å². The van der Waals surface area contributed by atoms with Gasteiger partial charge in [0.1, 0.15) is 0 Å². The zero-order chi connectivity index (χ0) is 20.3. The van der Waals surface area contributed by atoms with E-state index in [0.717, 1.165) is 21.5 Å². The van der Waals surface area contributed by atoms with Crippen molar-refractivity contribution in [3.8, 4) is 11.1 Å². The fraction of sp³-hybridized carbons (Fsp3) is 0. The molecule has 0 fully saturated rings. The average molecular weight is 450 g/mol. The van der Waals surface area contributed by atoms with E-state index in [0.29, 0.717) is 0 Å². The van der Waals surface area contributed by atoms with Crippen molar-refractivity contribution in [2.45, 2.75) is 0 Å². The Morgan fingerprint density at radius 1 is 0.467 bits per heavy atom. The van der Waals surface area contributed by atoms with Gasteiger partial charge in [0, 0.05) is 21.5 Å². The van der Waals surface area contributed by atoms with Crippen LogP contribution in [0.4, 0.5) is 17.1 Å². The van der Waals surface area contributed by atoms with Crippen LogP contribution in [0.2, 0.25) is 0 Å². The molecule has 2 heteroatoms. The zero-order valence-corrected chi connectivity index (χ0v) is 18.0. The van der Waals surface area contributed by atoms with Gasteiger partial charge in [-0.1, -0.05) is 88.7 Å². The Labute approximate surface area is 185 Å². The maximum absolute atomic E-state index is 3.76. The molecule has 30 heavy (non-hydrogen) atoms. The minimum Gasteiger partial charge on any atom is -0.311 e. The van der Waals surface area contributed by atoms with Crippen molar-refractivity contribution in [3.63, 3.8) is 0 Å². The van der Waals surface area contributed by atoms with Crippen LogP contribution in [0.5, 0.6) is 0 Å². The molecule has 0 N–H and O–H groups in total. The lowest BCUT2D eigenvalue weighted by Crippen LogP contribution is -2.09. The Morgan fingerprint density at radius 3 is 1.50 bits per heavy atom. The van der Waals surface area contributed by atoms with Gasteiger partial charge in [-0.25, -0.2) is 0 Å². The summed E-state index contributed by atoms with van der Waals surface area (Å²) in [5.41, 5.74) is 5.81. The number of benzene rings is 5. The first-order valence-electron chi connectivity index (χ1n) is 9.98. The number of hydrogen-bond donors (Lipinski definition) is 0. The molecule has 0 aromatic heterocycles. The van der Waals surface area contributed by atoms with Gasteiger partial charge in [-0.15, -0.1) is 0 Å². The van der Waals surface area contributed by atoms with E-state index in [9.17, 15) is 0 Å². The highest BCUT2D eigenvalue weighted by molar-refractivity contribution is 9.10. The third-order valence-electron chi connectivity index (χ3n) is 5.30. The molecule has 5 aromatic carbocycles. The lowest BCUT2D eigenvalue weighted by Gasteiger charge is -2.25. The maximum Gasteiger partial charge on any atom is 0.0462 e. The van der Waals surface area contributed by atoms with Crippen molar-refractivity contribution < 1.29 is 0 Å². The molecular formula is C28H20BrN. The third kappa shape index (κ3) is 3.62. The fourth-order valence-corrected chi connectivity index (χ4v) is 4.42. The third-order valence-corrected chi connectivity index (χ3v) is 5.96. The lowest BCUT2D eigenvalue weighted by atomic mass is 10.0. The van der Waals surface area contributed by atoms with E-state index in [4.69, 9.17) is 0 Å². The summed E-state index contributed by atoms with van der Waals surface area (Å²) < 4.78 is 1.11. The van der Waals surface area contributed by atoms with E-state index < -0.39 is 0 Å². The highest BCUT2D eigenvalue weighted by Crippen LogP contribution is 2.37. The monoisotopic (exact) mass is 449 g/mol. The Balaban J connectivity index is 1.57. The normalized spacial score (nSPS) is 10.8. The second-order valence-corrected chi connectivity index (χ2v) is 8.09. The van der Waals surface area contributed by atoms with E-state index in [1.165, 1.54) is 21.9 Å². The number of para-hydroxylation sites is 2. The molecule has 1 nitrogen and oxygen atoms in total. The molecule has 0 aliphatic carbocycles. The van der Waals surface area contributed by atoms with Gasteiger partial charge < -0.3 is 4.90 Å². The van der Waals surface area contributed by atoms with Gasteiger partial charge in [0.25, 0.3) is 0 Å². The van der Waals surface area contributed by atoms with Crippen LogP contribution in [-0.4, -0.2) is 0 Å². The van der Waals surface area contributed by atoms with E-state index in [2.05, 4.69) is 130 Å². The molecule has 5 rings (SSSR count). The zero-order valence-electron chi connectivity index (χ0n) is 16.4. The minimum absolute atomic E-state index is 1.11. The van der Waals surface area contributed by atoms with Crippen LogP contribution in [-0.2, 0) is 0 Å². The Morgan fingerprint density at radius 2 is 0.933 bits per heavy atom. The minimum atomic E-state index is 1.11. The van der Waals surface area contributed by atoms with Crippen LogP contribution < -0.4 is 4.90 Å². The Bertz CT molecular complexity index is 1240. The van der Waals surface area contributed by atoms with Crippen molar-refractivity contribution in [1.29, 1.82) is 0 Å². The lowest BCUT2D eigenvalue weighted by molar-refractivity contribution is 1.28. The summed E-state index contributed by atoms with van der Waals surface area (Å²) in [4.78, 5) is 2.28. The van der Waals surface area contributed by atoms with Crippen molar-refractivity contribution in [2.24, 2.45) is 0 Å². The van der Waals surface area contributed by atoms with Gasteiger partial charge in [-0.2, -0.15) is 0 Å². The number of hydrogen-bond acceptors (Lipinski definition) is 1. The summed E-state index contributed by atoms with van der Waals surface area (Å²) in [6.07, 6.45) is 0. The van der Waals surface area contributed by atoms with Crippen LogP contribution in [0.25, 0.3) is 21.9 Å². The highest BCUT2D eigenvalue weighted by atomic mass is 79.9. The smallest absolute Gasteiger partial charge is 0.0462 e. The summed E-state index contributed by atoms with van der Waals surface area (Å²) in [7, 11) is 0. The van der Waals surface area contributed by atoms with Crippen LogP contribution in [0, 0.1) is 0 Å². The number of nitrogens with zero attached hydrogens (tertiary/aromatic N) is 1. The first-order valence-corrected chi connectivity index (χ1v) is 10.8. The van der Waals surface area contributed by atoms with Crippen molar-refractivity contribution in [1.82, 2.24) is 0 Å². The molecule has 0 bridgehead atoms. The molecule has 0 saturated heterocycles. The van der Waals surface area contributed by atoms with Crippen LogP contribution in [0.1, 0.15) is 0 Å². The van der Waals surface area contributed by atoms with E-state index >= 15 is 0 Å². The molecule has 0 radical (unpaired) electrons.